The highest BCUT2D eigenvalue weighted by Crippen LogP contribution is 2.31. The molecule has 0 aromatic heterocycles. The van der Waals surface area contributed by atoms with Gasteiger partial charge in [0.1, 0.15) is 6.61 Å². The summed E-state index contributed by atoms with van der Waals surface area (Å²) in [5.41, 5.74) is 0.787. The smallest absolute Gasteiger partial charge is 0.351 e. The summed E-state index contributed by atoms with van der Waals surface area (Å²) in [4.78, 5) is 24.1. The number of benzene rings is 2. The third-order valence-corrected chi connectivity index (χ3v) is 4.21. The molecule has 0 bridgehead atoms. The third kappa shape index (κ3) is 4.26. The van der Waals surface area contributed by atoms with Crippen LogP contribution in [-0.2, 0) is 14.3 Å². The number of hydrogen-bond donors (Lipinski definition) is 1. The van der Waals surface area contributed by atoms with E-state index < -0.39 is 24.6 Å². The lowest BCUT2D eigenvalue weighted by Gasteiger charge is -2.25. The van der Waals surface area contributed by atoms with E-state index in [1.165, 1.54) is 0 Å². The molecule has 6 nitrogen and oxygen atoms in total. The molecule has 1 N–H and O–H groups in total. The second-order valence-corrected chi connectivity index (χ2v) is 6.19. The van der Waals surface area contributed by atoms with Gasteiger partial charge in [0.05, 0.1) is 6.04 Å². The molecule has 0 spiro atoms. The first-order valence-corrected chi connectivity index (χ1v) is 8.51. The van der Waals surface area contributed by atoms with Crippen LogP contribution < -0.4 is 14.8 Å². The number of halogens is 1. The van der Waals surface area contributed by atoms with Crippen molar-refractivity contribution in [3.05, 3.63) is 59.1 Å². The van der Waals surface area contributed by atoms with Crippen LogP contribution in [-0.4, -0.2) is 31.2 Å². The summed E-state index contributed by atoms with van der Waals surface area (Å²) in [6, 6.07) is 13.9. The van der Waals surface area contributed by atoms with Gasteiger partial charge in [0, 0.05) is 5.02 Å². The van der Waals surface area contributed by atoms with Gasteiger partial charge in [0.25, 0.3) is 5.91 Å². The standard InChI is InChI=1S/C19H18ClNO5/c1-12(13-6-2-3-7-14(13)20)21-18(22)11-25-19(23)17-10-24-15-8-4-5-9-16(15)26-17/h2-9,12,17H,10-11H2,1H3,(H,21,22)/t12-,17-/m1/s1. The Morgan fingerprint density at radius 3 is 2.65 bits per heavy atom. The normalized spacial score (nSPS) is 16.5. The van der Waals surface area contributed by atoms with E-state index in [1.54, 1.807) is 31.2 Å². The van der Waals surface area contributed by atoms with Crippen molar-refractivity contribution < 1.29 is 23.8 Å². The molecule has 3 rings (SSSR count). The second-order valence-electron chi connectivity index (χ2n) is 5.78. The Balaban J connectivity index is 1.49. The van der Waals surface area contributed by atoms with Crippen LogP contribution in [0.5, 0.6) is 11.5 Å². The predicted molar refractivity (Wildman–Crippen MR) is 95.3 cm³/mol. The van der Waals surface area contributed by atoms with Crippen molar-refractivity contribution in [2.45, 2.75) is 19.1 Å². The monoisotopic (exact) mass is 375 g/mol. The molecule has 0 unspecified atom stereocenters. The zero-order chi connectivity index (χ0) is 18.5. The highest BCUT2D eigenvalue weighted by atomic mass is 35.5. The number of rotatable bonds is 5. The lowest BCUT2D eigenvalue weighted by atomic mass is 10.1. The van der Waals surface area contributed by atoms with Gasteiger partial charge in [-0.25, -0.2) is 4.79 Å². The zero-order valence-corrected chi connectivity index (χ0v) is 14.9. The first-order chi connectivity index (χ1) is 12.5. The van der Waals surface area contributed by atoms with Crippen LogP contribution in [0, 0.1) is 0 Å². The molecular weight excluding hydrogens is 358 g/mol. The van der Waals surface area contributed by atoms with Crippen molar-refractivity contribution >= 4 is 23.5 Å². The molecule has 7 heteroatoms. The fourth-order valence-corrected chi connectivity index (χ4v) is 2.85. The van der Waals surface area contributed by atoms with Crippen molar-refractivity contribution in [3.63, 3.8) is 0 Å². The molecule has 2 aromatic rings. The van der Waals surface area contributed by atoms with Crippen LogP contribution in [0.3, 0.4) is 0 Å². The average molecular weight is 376 g/mol. The number of nitrogens with one attached hydrogen (secondary N) is 1. The van der Waals surface area contributed by atoms with Gasteiger partial charge in [-0.3, -0.25) is 4.79 Å². The molecule has 136 valence electrons. The zero-order valence-electron chi connectivity index (χ0n) is 14.1. The number of para-hydroxylation sites is 2. The van der Waals surface area contributed by atoms with Gasteiger partial charge in [0.15, 0.2) is 18.1 Å². The van der Waals surface area contributed by atoms with Crippen molar-refractivity contribution in [1.82, 2.24) is 5.32 Å². The van der Waals surface area contributed by atoms with E-state index in [2.05, 4.69) is 5.32 Å². The van der Waals surface area contributed by atoms with Gasteiger partial charge in [-0.05, 0) is 30.7 Å². The Bertz CT molecular complexity index is 810. The Morgan fingerprint density at radius 1 is 1.19 bits per heavy atom. The van der Waals surface area contributed by atoms with Crippen LogP contribution in [0.25, 0.3) is 0 Å². The summed E-state index contributed by atoms with van der Waals surface area (Å²) in [6.45, 7) is 1.43. The fourth-order valence-electron chi connectivity index (χ4n) is 2.55. The van der Waals surface area contributed by atoms with Gasteiger partial charge < -0.3 is 19.5 Å². The maximum Gasteiger partial charge on any atom is 0.351 e. The van der Waals surface area contributed by atoms with Crippen molar-refractivity contribution in [2.75, 3.05) is 13.2 Å². The second kappa shape index (κ2) is 8.10. The Kier molecular flexibility index (Phi) is 5.63. The average Bonchev–Trinajstić information content (AvgIpc) is 2.66. The van der Waals surface area contributed by atoms with E-state index in [0.717, 1.165) is 5.56 Å². The molecule has 1 heterocycles. The molecule has 2 aromatic carbocycles. The van der Waals surface area contributed by atoms with E-state index in [1.807, 2.05) is 24.3 Å². The maximum absolute atomic E-state index is 12.1. The molecule has 1 aliphatic heterocycles. The summed E-state index contributed by atoms with van der Waals surface area (Å²) < 4.78 is 16.0. The SMILES string of the molecule is C[C@@H](NC(=O)COC(=O)[C@H]1COc2ccccc2O1)c1ccccc1Cl. The minimum absolute atomic E-state index is 0.0352. The van der Waals surface area contributed by atoms with E-state index in [-0.39, 0.29) is 12.6 Å². The molecule has 0 saturated carbocycles. The quantitative estimate of drug-likeness (QED) is 0.813. The third-order valence-electron chi connectivity index (χ3n) is 3.87. The number of fused-ring (bicyclic) bond motifs is 1. The molecule has 26 heavy (non-hydrogen) atoms. The number of hydrogen-bond acceptors (Lipinski definition) is 5. The summed E-state index contributed by atoms with van der Waals surface area (Å²) in [7, 11) is 0. The molecular formula is C19H18ClNO5. The fraction of sp³-hybridized carbons (Fsp3) is 0.263. The first-order valence-electron chi connectivity index (χ1n) is 8.13. The number of carbonyl (C=O) groups is 2. The number of esters is 1. The Labute approximate surface area is 156 Å². The minimum atomic E-state index is -0.904. The van der Waals surface area contributed by atoms with E-state index in [9.17, 15) is 9.59 Å². The van der Waals surface area contributed by atoms with Crippen LogP contribution >= 0.6 is 11.6 Å². The minimum Gasteiger partial charge on any atom is -0.485 e. The molecule has 0 aliphatic carbocycles. The van der Waals surface area contributed by atoms with Gasteiger partial charge in [-0.15, -0.1) is 0 Å². The first kappa shape index (κ1) is 18.1. The van der Waals surface area contributed by atoms with Crippen molar-refractivity contribution in [2.24, 2.45) is 0 Å². The lowest BCUT2D eigenvalue weighted by molar-refractivity contribution is -0.157. The molecule has 0 saturated heterocycles. The predicted octanol–water partition coefficient (Wildman–Crippen LogP) is 2.90. The van der Waals surface area contributed by atoms with Crippen LogP contribution in [0.4, 0.5) is 0 Å². The van der Waals surface area contributed by atoms with Crippen LogP contribution in [0.2, 0.25) is 5.02 Å². The molecule has 0 radical (unpaired) electrons. The topological polar surface area (TPSA) is 73.9 Å². The highest BCUT2D eigenvalue weighted by molar-refractivity contribution is 6.31. The maximum atomic E-state index is 12.1. The molecule has 1 aliphatic rings. The van der Waals surface area contributed by atoms with E-state index in [4.69, 9.17) is 25.8 Å². The van der Waals surface area contributed by atoms with Gasteiger partial charge in [0.2, 0.25) is 6.10 Å². The number of ether oxygens (including phenoxy) is 3. The van der Waals surface area contributed by atoms with Crippen molar-refractivity contribution in [1.29, 1.82) is 0 Å². The number of carbonyl (C=O) groups excluding carboxylic acids is 2. The molecule has 2 atom stereocenters. The number of amides is 1. The Morgan fingerprint density at radius 2 is 1.88 bits per heavy atom. The van der Waals surface area contributed by atoms with Gasteiger partial charge >= 0.3 is 5.97 Å². The van der Waals surface area contributed by atoms with Crippen LogP contribution in [0.15, 0.2) is 48.5 Å². The van der Waals surface area contributed by atoms with Crippen molar-refractivity contribution in [3.8, 4) is 11.5 Å². The summed E-state index contributed by atoms with van der Waals surface area (Å²) in [6.07, 6.45) is -0.904. The largest absolute Gasteiger partial charge is 0.485 e. The van der Waals surface area contributed by atoms with Crippen LogP contribution in [0.1, 0.15) is 18.5 Å². The molecule has 1 amide bonds. The lowest BCUT2D eigenvalue weighted by Crippen LogP contribution is -2.40. The Hall–Kier alpha value is -2.73. The summed E-state index contributed by atoms with van der Waals surface area (Å²) in [5.74, 6) is -0.0386. The summed E-state index contributed by atoms with van der Waals surface area (Å²) in [5, 5.41) is 3.30. The van der Waals surface area contributed by atoms with Gasteiger partial charge in [-0.1, -0.05) is 41.9 Å². The van der Waals surface area contributed by atoms with Gasteiger partial charge in [-0.2, -0.15) is 0 Å². The summed E-state index contributed by atoms with van der Waals surface area (Å²) >= 11 is 6.11. The molecule has 0 fully saturated rings. The highest BCUT2D eigenvalue weighted by Gasteiger charge is 2.29. The van der Waals surface area contributed by atoms with E-state index in [0.29, 0.717) is 16.5 Å². The van der Waals surface area contributed by atoms with E-state index >= 15 is 0 Å².